The highest BCUT2D eigenvalue weighted by atomic mass is 35.5. The van der Waals surface area contributed by atoms with Crippen LogP contribution in [-0.2, 0) is 28.9 Å². The molecule has 3 aromatic rings. The van der Waals surface area contributed by atoms with Crippen molar-refractivity contribution in [3.63, 3.8) is 0 Å². The summed E-state index contributed by atoms with van der Waals surface area (Å²) in [6.07, 6.45) is 2.53. The van der Waals surface area contributed by atoms with E-state index in [0.29, 0.717) is 27.5 Å². The van der Waals surface area contributed by atoms with Gasteiger partial charge in [-0.2, -0.15) is 0 Å². The van der Waals surface area contributed by atoms with E-state index in [1.807, 2.05) is 6.07 Å². The van der Waals surface area contributed by atoms with Crippen molar-refractivity contribution in [3.8, 4) is 5.75 Å². The Labute approximate surface area is 188 Å². The Balaban J connectivity index is 1.45. The number of rotatable bonds is 7. The Morgan fingerprint density at radius 3 is 2.59 bits per heavy atom. The van der Waals surface area contributed by atoms with Crippen molar-refractivity contribution in [3.05, 3.63) is 74.1 Å². The van der Waals surface area contributed by atoms with E-state index in [1.165, 1.54) is 0 Å². The number of carbonyl (C=O) groups excluding carboxylic acids is 2. The fourth-order valence-corrected chi connectivity index (χ4v) is 4.17. The minimum atomic E-state index is -1.40. The summed E-state index contributed by atoms with van der Waals surface area (Å²) in [6.45, 7) is 1.36. The van der Waals surface area contributed by atoms with E-state index >= 15 is 0 Å². The number of aryl methyl sites for hydroxylation is 2. The first-order valence-corrected chi connectivity index (χ1v) is 10.7. The molecule has 1 amide bonds. The molecular formula is C24H21ClNO6-. The van der Waals surface area contributed by atoms with Gasteiger partial charge >= 0.3 is 5.63 Å². The number of benzene rings is 2. The Bertz CT molecular complexity index is 1250. The third-order valence-corrected chi connectivity index (χ3v) is 5.92. The van der Waals surface area contributed by atoms with Crippen LogP contribution in [0.1, 0.15) is 28.7 Å². The number of hydrogen-bond acceptors (Lipinski definition) is 6. The predicted octanol–water partition coefficient (Wildman–Crippen LogP) is 2.10. The molecule has 0 radical (unpaired) electrons. The third-order valence-electron chi connectivity index (χ3n) is 5.67. The number of carboxylic acid groups (broad SMARTS) is 1. The molecule has 0 aliphatic heterocycles. The molecule has 0 saturated heterocycles. The SMILES string of the molecule is Cc1c(OCC(=O)N[C@@H](Cc2ccc(Cl)cc2)C(=O)[O-])ccc2c3c(c(=O)oc12)CCC3. The normalized spacial score (nSPS) is 13.6. The van der Waals surface area contributed by atoms with Crippen molar-refractivity contribution in [2.45, 2.75) is 38.6 Å². The molecule has 0 unspecified atom stereocenters. The summed E-state index contributed by atoms with van der Waals surface area (Å²) in [5, 5.41) is 15.3. The van der Waals surface area contributed by atoms with Gasteiger partial charge in [0.05, 0.1) is 12.0 Å². The van der Waals surface area contributed by atoms with E-state index in [-0.39, 0.29) is 12.0 Å². The van der Waals surface area contributed by atoms with E-state index in [0.717, 1.165) is 35.8 Å². The van der Waals surface area contributed by atoms with Gasteiger partial charge in [0, 0.05) is 21.5 Å². The maximum atomic E-state index is 12.3. The maximum Gasteiger partial charge on any atom is 0.339 e. The summed E-state index contributed by atoms with van der Waals surface area (Å²) in [6, 6.07) is 8.99. The Morgan fingerprint density at radius 1 is 1.16 bits per heavy atom. The smallest absolute Gasteiger partial charge is 0.339 e. The number of hydrogen-bond donors (Lipinski definition) is 1. The zero-order chi connectivity index (χ0) is 22.8. The number of nitrogens with one attached hydrogen (secondary N) is 1. The molecule has 1 aliphatic rings. The molecule has 1 aromatic heterocycles. The molecule has 0 spiro atoms. The van der Waals surface area contributed by atoms with E-state index in [4.69, 9.17) is 20.8 Å². The van der Waals surface area contributed by atoms with Crippen LogP contribution < -0.4 is 20.8 Å². The van der Waals surface area contributed by atoms with Crippen molar-refractivity contribution in [2.24, 2.45) is 0 Å². The van der Waals surface area contributed by atoms with Gasteiger partial charge in [-0.05, 0) is 68.0 Å². The Morgan fingerprint density at radius 2 is 1.88 bits per heavy atom. The van der Waals surface area contributed by atoms with Crippen molar-refractivity contribution < 1.29 is 23.8 Å². The van der Waals surface area contributed by atoms with Gasteiger partial charge in [0.1, 0.15) is 11.3 Å². The zero-order valence-corrected chi connectivity index (χ0v) is 18.2. The second-order valence-corrected chi connectivity index (χ2v) is 8.26. The van der Waals surface area contributed by atoms with Gasteiger partial charge in [0.25, 0.3) is 5.91 Å². The van der Waals surface area contributed by atoms with Crippen molar-refractivity contribution >= 4 is 34.4 Å². The second kappa shape index (κ2) is 9.04. The Hall–Kier alpha value is -3.32. The van der Waals surface area contributed by atoms with Crippen LogP contribution in [0.2, 0.25) is 5.02 Å². The third kappa shape index (κ3) is 4.48. The molecular weight excluding hydrogens is 434 g/mol. The first-order chi connectivity index (χ1) is 15.3. The molecule has 166 valence electrons. The van der Waals surface area contributed by atoms with Crippen LogP contribution in [0.25, 0.3) is 11.0 Å². The summed E-state index contributed by atoms with van der Waals surface area (Å²) in [7, 11) is 0. The maximum absolute atomic E-state index is 12.3. The van der Waals surface area contributed by atoms with E-state index in [9.17, 15) is 19.5 Å². The fraction of sp³-hybridized carbons (Fsp3) is 0.292. The van der Waals surface area contributed by atoms with Crippen LogP contribution in [0.4, 0.5) is 0 Å². The number of fused-ring (bicyclic) bond motifs is 3. The standard InChI is InChI=1S/C24H22ClNO6/c1-13-20(10-9-17-16-3-2-4-18(16)24(30)32-22(13)17)31-12-21(27)26-19(23(28)29)11-14-5-7-15(25)8-6-14/h5-10,19H,2-4,11-12H2,1H3,(H,26,27)(H,28,29)/p-1/t19-/m0/s1. The highest BCUT2D eigenvalue weighted by Gasteiger charge is 2.22. The molecule has 2 aromatic carbocycles. The summed E-state index contributed by atoms with van der Waals surface area (Å²) in [5.74, 6) is -1.62. The molecule has 0 bridgehead atoms. The van der Waals surface area contributed by atoms with Crippen LogP contribution in [0, 0.1) is 6.92 Å². The quantitative estimate of drug-likeness (QED) is 0.547. The molecule has 32 heavy (non-hydrogen) atoms. The van der Waals surface area contributed by atoms with Gasteiger partial charge in [-0.25, -0.2) is 4.79 Å². The van der Waals surface area contributed by atoms with Gasteiger partial charge in [0.15, 0.2) is 6.61 Å². The minimum absolute atomic E-state index is 0.0521. The number of carboxylic acids is 1. The predicted molar refractivity (Wildman–Crippen MR) is 117 cm³/mol. The lowest BCUT2D eigenvalue weighted by Gasteiger charge is -2.20. The highest BCUT2D eigenvalue weighted by Crippen LogP contribution is 2.32. The van der Waals surface area contributed by atoms with Gasteiger partial charge < -0.3 is 24.4 Å². The lowest BCUT2D eigenvalue weighted by molar-refractivity contribution is -0.308. The molecule has 0 fully saturated rings. The molecule has 7 nitrogen and oxygen atoms in total. The first kappa shape index (κ1) is 21.9. The van der Waals surface area contributed by atoms with Gasteiger partial charge in [-0.15, -0.1) is 0 Å². The van der Waals surface area contributed by atoms with Crippen molar-refractivity contribution in [1.29, 1.82) is 0 Å². The fourth-order valence-electron chi connectivity index (χ4n) is 4.05. The van der Waals surface area contributed by atoms with E-state index < -0.39 is 24.5 Å². The van der Waals surface area contributed by atoms with Crippen LogP contribution in [-0.4, -0.2) is 24.5 Å². The van der Waals surface area contributed by atoms with Gasteiger partial charge in [-0.1, -0.05) is 23.7 Å². The summed E-state index contributed by atoms with van der Waals surface area (Å²) in [5.41, 5.74) is 3.17. The van der Waals surface area contributed by atoms with E-state index in [2.05, 4.69) is 5.32 Å². The number of halogens is 1. The molecule has 0 saturated carbocycles. The Kier molecular flexibility index (Phi) is 6.19. The summed E-state index contributed by atoms with van der Waals surface area (Å²) in [4.78, 5) is 36.1. The zero-order valence-electron chi connectivity index (χ0n) is 17.4. The number of aliphatic carboxylic acids is 1. The van der Waals surface area contributed by atoms with Gasteiger partial charge in [-0.3, -0.25) is 4.79 Å². The molecule has 1 heterocycles. The molecule has 4 rings (SSSR count). The lowest BCUT2D eigenvalue weighted by Crippen LogP contribution is -2.50. The van der Waals surface area contributed by atoms with Gasteiger partial charge in [0.2, 0.25) is 0 Å². The topological polar surface area (TPSA) is 109 Å². The molecule has 1 aliphatic carbocycles. The minimum Gasteiger partial charge on any atom is -0.548 e. The molecule has 1 atom stereocenters. The van der Waals surface area contributed by atoms with Crippen LogP contribution in [0.15, 0.2) is 45.6 Å². The molecule has 1 N–H and O–H groups in total. The lowest BCUT2D eigenvalue weighted by atomic mass is 10.0. The number of carbonyl (C=O) groups is 2. The number of amides is 1. The highest BCUT2D eigenvalue weighted by molar-refractivity contribution is 6.30. The molecule has 8 heteroatoms. The summed E-state index contributed by atoms with van der Waals surface area (Å²) >= 11 is 5.84. The monoisotopic (exact) mass is 454 g/mol. The number of ether oxygens (including phenoxy) is 1. The van der Waals surface area contributed by atoms with E-state index in [1.54, 1.807) is 37.3 Å². The average Bonchev–Trinajstić information content (AvgIpc) is 3.26. The van der Waals surface area contributed by atoms with Crippen LogP contribution in [0.5, 0.6) is 5.75 Å². The first-order valence-electron chi connectivity index (χ1n) is 10.3. The van der Waals surface area contributed by atoms with Crippen LogP contribution >= 0.6 is 11.6 Å². The van der Waals surface area contributed by atoms with Crippen LogP contribution in [0.3, 0.4) is 0 Å². The van der Waals surface area contributed by atoms with Crippen molar-refractivity contribution in [2.75, 3.05) is 6.61 Å². The largest absolute Gasteiger partial charge is 0.548 e. The summed E-state index contributed by atoms with van der Waals surface area (Å²) < 4.78 is 11.1. The van der Waals surface area contributed by atoms with Crippen molar-refractivity contribution in [1.82, 2.24) is 5.32 Å². The second-order valence-electron chi connectivity index (χ2n) is 7.82. The average molecular weight is 455 g/mol.